The van der Waals surface area contributed by atoms with Crippen LogP contribution in [0.3, 0.4) is 0 Å². The minimum absolute atomic E-state index is 0.129. The first-order chi connectivity index (χ1) is 15.7. The number of nitrogens with one attached hydrogen (secondary N) is 2. The van der Waals surface area contributed by atoms with Gasteiger partial charge in [0.15, 0.2) is 0 Å². The summed E-state index contributed by atoms with van der Waals surface area (Å²) in [6.45, 7) is 2.26. The van der Waals surface area contributed by atoms with Gasteiger partial charge >= 0.3 is 0 Å². The summed E-state index contributed by atoms with van der Waals surface area (Å²) in [4.78, 5) is 12.7. The SMILES string of the molecule is Cc1ccc(S(=O)(=O)Nc2ccc(Cl)c(C(=O)NCCSCc3c(Cl)cccc3Cl)c2)cc1. The van der Waals surface area contributed by atoms with E-state index in [-0.39, 0.29) is 21.2 Å². The molecule has 174 valence electrons. The Morgan fingerprint density at radius 1 is 0.939 bits per heavy atom. The van der Waals surface area contributed by atoms with E-state index in [0.29, 0.717) is 28.1 Å². The molecule has 0 heterocycles. The van der Waals surface area contributed by atoms with Crippen molar-refractivity contribution in [1.82, 2.24) is 5.32 Å². The van der Waals surface area contributed by atoms with Gasteiger partial charge in [0.1, 0.15) is 0 Å². The number of carbonyl (C=O) groups excluding carboxylic acids is 1. The van der Waals surface area contributed by atoms with Crippen molar-refractivity contribution in [3.63, 3.8) is 0 Å². The van der Waals surface area contributed by atoms with Crippen LogP contribution in [0, 0.1) is 6.92 Å². The Morgan fingerprint density at radius 2 is 1.61 bits per heavy atom. The number of benzene rings is 3. The van der Waals surface area contributed by atoms with E-state index < -0.39 is 15.9 Å². The van der Waals surface area contributed by atoms with Crippen molar-refractivity contribution < 1.29 is 13.2 Å². The van der Waals surface area contributed by atoms with E-state index in [1.165, 1.54) is 30.3 Å². The van der Waals surface area contributed by atoms with Crippen LogP contribution in [0.2, 0.25) is 15.1 Å². The summed E-state index contributed by atoms with van der Waals surface area (Å²) in [7, 11) is -3.79. The first kappa shape index (κ1) is 25.7. The molecular formula is C23H21Cl3N2O3S2. The number of aryl methyl sites for hydroxylation is 1. The van der Waals surface area contributed by atoms with Crippen LogP contribution >= 0.6 is 46.6 Å². The number of anilines is 1. The fourth-order valence-electron chi connectivity index (χ4n) is 2.87. The zero-order chi connectivity index (χ0) is 24.0. The molecule has 10 heteroatoms. The fourth-order valence-corrected chi connectivity index (χ4v) is 5.72. The smallest absolute Gasteiger partial charge is 0.261 e. The summed E-state index contributed by atoms with van der Waals surface area (Å²) >= 11 is 20.1. The second kappa shape index (κ2) is 11.5. The standard InChI is InChI=1S/C23H21Cl3N2O3S2/c1-15-5-8-17(9-6-15)33(30,31)28-16-7-10-22(26)18(13-16)23(29)27-11-12-32-14-19-20(24)3-2-4-21(19)25/h2-10,13,28H,11-12,14H2,1H3,(H,27,29). The van der Waals surface area contributed by atoms with Crippen molar-refractivity contribution in [2.24, 2.45) is 0 Å². The summed E-state index contributed by atoms with van der Waals surface area (Å²) < 4.78 is 27.7. The highest BCUT2D eigenvalue weighted by Gasteiger charge is 2.17. The maximum Gasteiger partial charge on any atom is 0.261 e. The van der Waals surface area contributed by atoms with Crippen molar-refractivity contribution in [3.8, 4) is 0 Å². The normalized spacial score (nSPS) is 11.3. The number of halogens is 3. The molecule has 33 heavy (non-hydrogen) atoms. The lowest BCUT2D eigenvalue weighted by Crippen LogP contribution is -2.26. The van der Waals surface area contributed by atoms with Gasteiger partial charge in [0, 0.05) is 33.8 Å². The molecule has 3 rings (SSSR count). The van der Waals surface area contributed by atoms with Crippen LogP contribution in [0.1, 0.15) is 21.5 Å². The number of rotatable bonds is 9. The van der Waals surface area contributed by atoms with Crippen molar-refractivity contribution in [2.45, 2.75) is 17.6 Å². The number of thioether (sulfide) groups is 1. The van der Waals surface area contributed by atoms with Crippen LogP contribution in [-0.4, -0.2) is 26.6 Å². The molecule has 0 saturated heterocycles. The minimum Gasteiger partial charge on any atom is -0.351 e. The minimum atomic E-state index is -3.79. The molecule has 0 fully saturated rings. The first-order valence-corrected chi connectivity index (χ1v) is 13.6. The number of sulfonamides is 1. The Labute approximate surface area is 212 Å². The molecule has 0 bridgehead atoms. The molecule has 5 nitrogen and oxygen atoms in total. The molecule has 0 unspecified atom stereocenters. The van der Waals surface area contributed by atoms with Gasteiger partial charge in [-0.25, -0.2) is 8.42 Å². The van der Waals surface area contributed by atoms with Crippen molar-refractivity contribution in [1.29, 1.82) is 0 Å². The highest BCUT2D eigenvalue weighted by molar-refractivity contribution is 7.98. The van der Waals surface area contributed by atoms with Gasteiger partial charge < -0.3 is 5.32 Å². The maximum absolute atomic E-state index is 12.6. The second-order valence-corrected chi connectivity index (χ2v) is 11.1. The Morgan fingerprint density at radius 3 is 2.27 bits per heavy atom. The molecule has 0 spiro atoms. The van der Waals surface area contributed by atoms with Gasteiger partial charge in [0.25, 0.3) is 15.9 Å². The highest BCUT2D eigenvalue weighted by atomic mass is 35.5. The van der Waals surface area contributed by atoms with Crippen LogP contribution in [0.25, 0.3) is 0 Å². The lowest BCUT2D eigenvalue weighted by atomic mass is 10.2. The average molecular weight is 544 g/mol. The third-order valence-corrected chi connectivity index (χ3v) is 8.06. The van der Waals surface area contributed by atoms with E-state index in [4.69, 9.17) is 34.8 Å². The molecule has 0 aromatic heterocycles. The fraction of sp³-hybridized carbons (Fsp3) is 0.174. The summed E-state index contributed by atoms with van der Waals surface area (Å²) in [5, 5.41) is 4.23. The van der Waals surface area contributed by atoms with Crippen LogP contribution in [0.4, 0.5) is 5.69 Å². The molecule has 2 N–H and O–H groups in total. The molecular weight excluding hydrogens is 523 g/mol. The second-order valence-electron chi connectivity index (χ2n) is 7.12. The van der Waals surface area contributed by atoms with Gasteiger partial charge in [-0.05, 0) is 55.0 Å². The predicted molar refractivity (Wildman–Crippen MR) is 138 cm³/mol. The molecule has 3 aromatic rings. The van der Waals surface area contributed by atoms with E-state index >= 15 is 0 Å². The quantitative estimate of drug-likeness (QED) is 0.305. The molecule has 0 aliphatic carbocycles. The van der Waals surface area contributed by atoms with Crippen molar-refractivity contribution >= 4 is 68.2 Å². The largest absolute Gasteiger partial charge is 0.351 e. The molecule has 0 aliphatic heterocycles. The van der Waals surface area contributed by atoms with E-state index in [0.717, 1.165) is 11.1 Å². The number of hydrogen-bond donors (Lipinski definition) is 2. The Hall–Kier alpha value is -1.90. The summed E-state index contributed by atoms with van der Waals surface area (Å²) in [5.74, 6) is 0.851. The van der Waals surface area contributed by atoms with Crippen molar-refractivity contribution in [3.05, 3.63) is 92.4 Å². The summed E-state index contributed by atoms with van der Waals surface area (Å²) in [6, 6.07) is 16.2. The molecule has 0 aliphatic rings. The Bertz CT molecular complexity index is 1230. The van der Waals surface area contributed by atoms with Crippen LogP contribution in [-0.2, 0) is 15.8 Å². The predicted octanol–water partition coefficient (Wildman–Crippen LogP) is 6.42. The van der Waals surface area contributed by atoms with E-state index in [1.54, 1.807) is 42.1 Å². The molecule has 0 radical (unpaired) electrons. The lowest BCUT2D eigenvalue weighted by Gasteiger charge is -2.12. The van der Waals surface area contributed by atoms with Crippen LogP contribution < -0.4 is 10.0 Å². The third kappa shape index (κ3) is 7.04. The van der Waals surface area contributed by atoms with Crippen molar-refractivity contribution in [2.75, 3.05) is 17.0 Å². The van der Waals surface area contributed by atoms with Crippen LogP contribution in [0.15, 0.2) is 65.6 Å². The number of hydrogen-bond acceptors (Lipinski definition) is 4. The monoisotopic (exact) mass is 542 g/mol. The highest BCUT2D eigenvalue weighted by Crippen LogP contribution is 2.28. The zero-order valence-corrected chi connectivity index (χ0v) is 21.5. The topological polar surface area (TPSA) is 75.3 Å². The molecule has 0 saturated carbocycles. The van der Waals surface area contributed by atoms with Gasteiger partial charge in [-0.1, -0.05) is 58.6 Å². The van der Waals surface area contributed by atoms with Gasteiger partial charge in [0.05, 0.1) is 15.5 Å². The lowest BCUT2D eigenvalue weighted by molar-refractivity contribution is 0.0956. The Kier molecular flexibility index (Phi) is 8.95. The molecule has 1 amide bonds. The molecule has 0 atom stereocenters. The number of carbonyl (C=O) groups is 1. The summed E-state index contributed by atoms with van der Waals surface area (Å²) in [5.41, 5.74) is 2.23. The van der Waals surface area contributed by atoms with Gasteiger partial charge in [-0.15, -0.1) is 0 Å². The maximum atomic E-state index is 12.6. The van der Waals surface area contributed by atoms with E-state index in [2.05, 4.69) is 10.0 Å². The van der Waals surface area contributed by atoms with E-state index in [9.17, 15) is 13.2 Å². The van der Waals surface area contributed by atoms with Gasteiger partial charge in [0.2, 0.25) is 0 Å². The van der Waals surface area contributed by atoms with Gasteiger partial charge in [-0.2, -0.15) is 11.8 Å². The van der Waals surface area contributed by atoms with Gasteiger partial charge in [-0.3, -0.25) is 9.52 Å². The van der Waals surface area contributed by atoms with E-state index in [1.807, 2.05) is 6.92 Å². The summed E-state index contributed by atoms with van der Waals surface area (Å²) in [6.07, 6.45) is 0. The number of amides is 1. The zero-order valence-electron chi connectivity index (χ0n) is 17.6. The Balaban J connectivity index is 1.58. The third-order valence-electron chi connectivity index (χ3n) is 4.63. The van der Waals surface area contributed by atoms with Crippen LogP contribution in [0.5, 0.6) is 0 Å². The first-order valence-electron chi connectivity index (χ1n) is 9.85. The molecule has 3 aromatic carbocycles. The average Bonchev–Trinajstić information content (AvgIpc) is 2.76.